The van der Waals surface area contributed by atoms with Gasteiger partial charge in [0.1, 0.15) is 0 Å². The monoisotopic (exact) mass is 301 g/mol. The first-order valence-electron chi connectivity index (χ1n) is 5.65. The molecule has 1 saturated carbocycles. The van der Waals surface area contributed by atoms with E-state index < -0.39 is 16.4 Å². The van der Waals surface area contributed by atoms with Crippen LogP contribution in [0.2, 0.25) is 0 Å². The summed E-state index contributed by atoms with van der Waals surface area (Å²) in [6.45, 7) is 0. The van der Waals surface area contributed by atoms with Gasteiger partial charge in [0.15, 0.2) is 0 Å². The van der Waals surface area contributed by atoms with Crippen molar-refractivity contribution in [2.24, 2.45) is 5.92 Å². The van der Waals surface area contributed by atoms with Crippen molar-refractivity contribution >= 4 is 21.6 Å². The number of hydrogen-bond donors (Lipinski definition) is 0. The average molecular weight is 302 g/mol. The van der Waals surface area contributed by atoms with Gasteiger partial charge in [-0.15, -0.1) is 0 Å². The second-order valence-corrected chi connectivity index (χ2v) is 5.63. The van der Waals surface area contributed by atoms with Crippen LogP contribution < -0.4 is 0 Å². The van der Waals surface area contributed by atoms with Crippen molar-refractivity contribution in [2.75, 3.05) is 0 Å². The zero-order chi connectivity index (χ0) is 12.4. The SMILES string of the molecule is O=[N+]([O-])c1ccc(CC2CCCC2Br)cc1F. The molecule has 0 radical (unpaired) electrons. The van der Waals surface area contributed by atoms with Crippen molar-refractivity contribution in [1.82, 2.24) is 0 Å². The first kappa shape index (κ1) is 12.5. The zero-order valence-electron chi connectivity index (χ0n) is 9.23. The number of nitro benzene ring substituents is 1. The van der Waals surface area contributed by atoms with Gasteiger partial charge in [-0.3, -0.25) is 10.1 Å². The number of nitro groups is 1. The van der Waals surface area contributed by atoms with Crippen molar-refractivity contribution in [1.29, 1.82) is 0 Å². The maximum absolute atomic E-state index is 13.4. The number of rotatable bonds is 3. The van der Waals surface area contributed by atoms with Crippen LogP contribution in [0, 0.1) is 21.8 Å². The lowest BCUT2D eigenvalue weighted by atomic mass is 9.98. The lowest BCUT2D eigenvalue weighted by Crippen LogP contribution is -2.10. The molecular formula is C12H13BrFNO2. The van der Waals surface area contributed by atoms with Gasteiger partial charge in [0.05, 0.1) is 4.92 Å². The van der Waals surface area contributed by atoms with E-state index in [4.69, 9.17) is 0 Å². The van der Waals surface area contributed by atoms with E-state index in [0.29, 0.717) is 10.7 Å². The van der Waals surface area contributed by atoms with E-state index in [9.17, 15) is 14.5 Å². The Balaban J connectivity index is 2.12. The highest BCUT2D eigenvalue weighted by Crippen LogP contribution is 2.34. The zero-order valence-corrected chi connectivity index (χ0v) is 10.8. The molecule has 0 spiro atoms. The van der Waals surface area contributed by atoms with Gasteiger partial charge in [-0.1, -0.05) is 28.4 Å². The standard InChI is InChI=1S/C12H13BrFNO2/c13-10-3-1-2-9(10)6-8-4-5-12(15(16)17)11(14)7-8/h4-5,7,9-10H,1-3,6H2. The molecule has 5 heteroatoms. The van der Waals surface area contributed by atoms with Crippen LogP contribution in [0.5, 0.6) is 0 Å². The Labute approximate surface area is 107 Å². The van der Waals surface area contributed by atoms with E-state index in [1.807, 2.05) is 0 Å². The largest absolute Gasteiger partial charge is 0.304 e. The molecule has 1 aromatic rings. The van der Waals surface area contributed by atoms with Gasteiger partial charge in [-0.25, -0.2) is 0 Å². The summed E-state index contributed by atoms with van der Waals surface area (Å²) < 4.78 is 13.4. The van der Waals surface area contributed by atoms with Gasteiger partial charge in [0, 0.05) is 10.9 Å². The molecular weight excluding hydrogens is 289 g/mol. The van der Waals surface area contributed by atoms with Gasteiger partial charge in [0.2, 0.25) is 5.82 Å². The molecule has 0 bridgehead atoms. The van der Waals surface area contributed by atoms with Crippen LogP contribution in [-0.4, -0.2) is 9.75 Å². The fourth-order valence-corrected chi connectivity index (χ4v) is 3.12. The van der Waals surface area contributed by atoms with E-state index in [0.717, 1.165) is 24.8 Å². The Morgan fingerprint density at radius 1 is 1.47 bits per heavy atom. The van der Waals surface area contributed by atoms with E-state index in [2.05, 4.69) is 15.9 Å². The van der Waals surface area contributed by atoms with Crippen molar-refractivity contribution in [3.8, 4) is 0 Å². The molecule has 1 aliphatic carbocycles. The highest BCUT2D eigenvalue weighted by molar-refractivity contribution is 9.09. The van der Waals surface area contributed by atoms with Gasteiger partial charge >= 0.3 is 5.69 Å². The highest BCUT2D eigenvalue weighted by Gasteiger charge is 2.25. The molecule has 92 valence electrons. The second-order valence-electron chi connectivity index (χ2n) is 4.45. The molecule has 1 fully saturated rings. The topological polar surface area (TPSA) is 43.1 Å². The Morgan fingerprint density at radius 2 is 2.24 bits per heavy atom. The van der Waals surface area contributed by atoms with Crippen LogP contribution in [0.3, 0.4) is 0 Å². The summed E-state index contributed by atoms with van der Waals surface area (Å²) in [5.41, 5.74) is 0.389. The molecule has 2 rings (SSSR count). The molecule has 0 N–H and O–H groups in total. The Morgan fingerprint density at radius 3 is 2.76 bits per heavy atom. The van der Waals surface area contributed by atoms with Crippen molar-refractivity contribution < 1.29 is 9.31 Å². The number of alkyl halides is 1. The van der Waals surface area contributed by atoms with Gasteiger partial charge in [-0.2, -0.15) is 4.39 Å². The average Bonchev–Trinajstić information content (AvgIpc) is 2.64. The molecule has 17 heavy (non-hydrogen) atoms. The van der Waals surface area contributed by atoms with Crippen LogP contribution >= 0.6 is 15.9 Å². The maximum atomic E-state index is 13.4. The highest BCUT2D eigenvalue weighted by atomic mass is 79.9. The summed E-state index contributed by atoms with van der Waals surface area (Å²) in [5, 5.41) is 10.5. The first-order valence-corrected chi connectivity index (χ1v) is 6.56. The molecule has 0 amide bonds. The lowest BCUT2D eigenvalue weighted by Gasteiger charge is -2.13. The molecule has 2 unspecified atom stereocenters. The first-order chi connectivity index (χ1) is 8.08. The third-order valence-corrected chi connectivity index (χ3v) is 4.48. The number of benzene rings is 1. The van der Waals surface area contributed by atoms with Crippen LogP contribution in [0.15, 0.2) is 18.2 Å². The summed E-state index contributed by atoms with van der Waals surface area (Å²) >= 11 is 3.62. The van der Waals surface area contributed by atoms with E-state index in [1.54, 1.807) is 6.07 Å². The fourth-order valence-electron chi connectivity index (χ4n) is 2.35. The molecule has 1 aliphatic rings. The van der Waals surface area contributed by atoms with Crippen LogP contribution in [0.25, 0.3) is 0 Å². The molecule has 0 aliphatic heterocycles. The van der Waals surface area contributed by atoms with E-state index in [1.165, 1.54) is 18.6 Å². The summed E-state index contributed by atoms with van der Waals surface area (Å²) in [6, 6.07) is 4.19. The van der Waals surface area contributed by atoms with E-state index >= 15 is 0 Å². The number of halogens is 2. The molecule has 2 atom stereocenters. The third-order valence-electron chi connectivity index (χ3n) is 3.27. The number of hydrogen-bond acceptors (Lipinski definition) is 2. The Kier molecular flexibility index (Phi) is 3.76. The second kappa shape index (κ2) is 5.12. The Hall–Kier alpha value is -0.970. The van der Waals surface area contributed by atoms with Crippen molar-refractivity contribution in [2.45, 2.75) is 30.5 Å². The normalized spacial score (nSPS) is 23.9. The minimum absolute atomic E-state index is 0.449. The van der Waals surface area contributed by atoms with E-state index in [-0.39, 0.29) is 0 Å². The molecule has 1 aromatic carbocycles. The number of nitrogens with zero attached hydrogens (tertiary/aromatic N) is 1. The van der Waals surface area contributed by atoms with Gasteiger partial charge in [-0.05, 0) is 36.8 Å². The smallest absolute Gasteiger partial charge is 0.258 e. The molecule has 3 nitrogen and oxygen atoms in total. The lowest BCUT2D eigenvalue weighted by molar-refractivity contribution is -0.387. The fraction of sp³-hybridized carbons (Fsp3) is 0.500. The third kappa shape index (κ3) is 2.83. The predicted molar refractivity (Wildman–Crippen MR) is 66.8 cm³/mol. The van der Waals surface area contributed by atoms with Crippen LogP contribution in [-0.2, 0) is 6.42 Å². The van der Waals surface area contributed by atoms with Crippen molar-refractivity contribution in [3.63, 3.8) is 0 Å². The Bertz CT molecular complexity index is 439. The minimum Gasteiger partial charge on any atom is -0.258 e. The maximum Gasteiger partial charge on any atom is 0.304 e. The quantitative estimate of drug-likeness (QED) is 0.483. The summed E-state index contributed by atoms with van der Waals surface area (Å²) in [5.74, 6) is -0.229. The van der Waals surface area contributed by atoms with Crippen LogP contribution in [0.1, 0.15) is 24.8 Å². The predicted octanol–water partition coefficient (Wildman–Crippen LogP) is 3.84. The minimum atomic E-state index is -0.739. The van der Waals surface area contributed by atoms with Gasteiger partial charge in [0.25, 0.3) is 0 Å². The molecule has 0 aromatic heterocycles. The molecule has 0 heterocycles. The molecule has 0 saturated heterocycles. The van der Waals surface area contributed by atoms with Crippen LogP contribution in [0.4, 0.5) is 10.1 Å². The van der Waals surface area contributed by atoms with Gasteiger partial charge < -0.3 is 0 Å². The summed E-state index contributed by atoms with van der Waals surface area (Å²) in [4.78, 5) is 10.3. The summed E-state index contributed by atoms with van der Waals surface area (Å²) in [6.07, 6.45) is 4.26. The summed E-state index contributed by atoms with van der Waals surface area (Å²) in [7, 11) is 0. The van der Waals surface area contributed by atoms with Crippen molar-refractivity contribution in [3.05, 3.63) is 39.7 Å².